The number of carbonyl (C=O) groups is 1. The second-order valence-corrected chi connectivity index (χ2v) is 6.47. The Balaban J connectivity index is 1.73. The topological polar surface area (TPSA) is 46.4 Å². The highest BCUT2D eigenvalue weighted by Gasteiger charge is 2.30. The number of amides is 1. The van der Waals surface area contributed by atoms with Gasteiger partial charge in [-0.25, -0.2) is 5.43 Å². The Kier molecular flexibility index (Phi) is 5.46. The molecule has 0 bridgehead atoms. The second kappa shape index (κ2) is 7.79. The van der Waals surface area contributed by atoms with Crippen molar-refractivity contribution in [2.75, 3.05) is 0 Å². The summed E-state index contributed by atoms with van der Waals surface area (Å²) >= 11 is 3.37. The van der Waals surface area contributed by atoms with Crippen LogP contribution in [0, 0.1) is 0 Å². The van der Waals surface area contributed by atoms with Gasteiger partial charge in [-0.2, -0.15) is 18.3 Å². The van der Waals surface area contributed by atoms with E-state index in [-0.39, 0.29) is 5.56 Å². The Morgan fingerprint density at radius 3 is 2.52 bits per heavy atom. The van der Waals surface area contributed by atoms with E-state index in [4.69, 9.17) is 0 Å². The van der Waals surface area contributed by atoms with Gasteiger partial charge in [-0.05, 0) is 54.6 Å². The van der Waals surface area contributed by atoms with Crippen molar-refractivity contribution in [2.24, 2.45) is 5.10 Å². The summed E-state index contributed by atoms with van der Waals surface area (Å²) in [5, 5.41) is 3.85. The Morgan fingerprint density at radius 2 is 1.81 bits per heavy atom. The van der Waals surface area contributed by atoms with E-state index in [1.54, 1.807) is 6.07 Å². The Hall–Kier alpha value is -2.87. The van der Waals surface area contributed by atoms with Gasteiger partial charge in [0.1, 0.15) is 0 Å². The van der Waals surface area contributed by atoms with Crippen molar-refractivity contribution in [1.82, 2.24) is 9.99 Å². The largest absolute Gasteiger partial charge is 0.416 e. The lowest BCUT2D eigenvalue weighted by Crippen LogP contribution is -2.18. The molecule has 0 radical (unpaired) electrons. The molecule has 0 fully saturated rings. The number of alkyl halides is 3. The van der Waals surface area contributed by atoms with Gasteiger partial charge in [0, 0.05) is 21.9 Å². The predicted molar refractivity (Wildman–Crippen MR) is 100.0 cm³/mol. The number of carbonyl (C=O) groups excluding carboxylic acids is 1. The smallest absolute Gasteiger partial charge is 0.316 e. The third-order valence-corrected chi connectivity index (χ3v) is 4.23. The maximum Gasteiger partial charge on any atom is 0.416 e. The van der Waals surface area contributed by atoms with E-state index in [9.17, 15) is 18.0 Å². The molecule has 27 heavy (non-hydrogen) atoms. The molecule has 4 nitrogen and oxygen atoms in total. The lowest BCUT2D eigenvalue weighted by molar-refractivity contribution is -0.137. The van der Waals surface area contributed by atoms with Gasteiger partial charge < -0.3 is 4.57 Å². The van der Waals surface area contributed by atoms with E-state index in [0.717, 1.165) is 22.3 Å². The molecule has 1 amide bonds. The highest BCUT2D eigenvalue weighted by atomic mass is 79.9. The normalized spacial score (nSPS) is 11.7. The third kappa shape index (κ3) is 4.65. The summed E-state index contributed by atoms with van der Waals surface area (Å²) < 4.78 is 41.0. The number of hydrazone groups is 1. The quantitative estimate of drug-likeness (QED) is 0.453. The lowest BCUT2D eigenvalue weighted by Gasteiger charge is -2.08. The molecule has 0 spiro atoms. The molecule has 1 heterocycles. The summed E-state index contributed by atoms with van der Waals surface area (Å²) in [6.45, 7) is 0. The first-order valence-corrected chi connectivity index (χ1v) is 8.58. The molecule has 0 unspecified atom stereocenters. The number of nitrogens with zero attached hydrogens (tertiary/aromatic N) is 2. The first-order chi connectivity index (χ1) is 12.8. The molecule has 0 aliphatic heterocycles. The number of rotatable bonds is 4. The summed E-state index contributed by atoms with van der Waals surface area (Å²) in [4.78, 5) is 12.0. The molecule has 3 rings (SSSR count). The van der Waals surface area contributed by atoms with Gasteiger partial charge in [-0.15, -0.1) is 0 Å². The van der Waals surface area contributed by atoms with E-state index < -0.39 is 17.6 Å². The average Bonchev–Trinajstić information content (AvgIpc) is 3.10. The van der Waals surface area contributed by atoms with Crippen LogP contribution >= 0.6 is 15.9 Å². The maximum absolute atomic E-state index is 12.7. The van der Waals surface area contributed by atoms with Crippen LogP contribution in [-0.2, 0) is 6.18 Å². The monoisotopic (exact) mass is 435 g/mol. The van der Waals surface area contributed by atoms with Gasteiger partial charge in [0.25, 0.3) is 5.91 Å². The van der Waals surface area contributed by atoms with Gasteiger partial charge in [0.2, 0.25) is 0 Å². The highest BCUT2D eigenvalue weighted by molar-refractivity contribution is 9.10. The number of aromatic nitrogens is 1. The van der Waals surface area contributed by atoms with Crippen molar-refractivity contribution < 1.29 is 18.0 Å². The van der Waals surface area contributed by atoms with E-state index in [1.165, 1.54) is 18.3 Å². The van der Waals surface area contributed by atoms with Crippen LogP contribution in [0.3, 0.4) is 0 Å². The zero-order chi connectivity index (χ0) is 19.4. The average molecular weight is 436 g/mol. The number of hydrogen-bond donors (Lipinski definition) is 1. The van der Waals surface area contributed by atoms with Gasteiger partial charge in [0.05, 0.1) is 17.5 Å². The third-order valence-electron chi connectivity index (χ3n) is 3.70. The molecule has 0 aliphatic carbocycles. The Morgan fingerprint density at radius 1 is 1.07 bits per heavy atom. The molecule has 2 aromatic carbocycles. The van der Waals surface area contributed by atoms with E-state index in [0.29, 0.717) is 5.69 Å². The molecule has 0 atom stereocenters. The molecular weight excluding hydrogens is 423 g/mol. The van der Waals surface area contributed by atoms with Crippen LogP contribution in [0.15, 0.2) is 76.4 Å². The molecule has 0 aliphatic rings. The Labute approximate surface area is 161 Å². The summed E-state index contributed by atoms with van der Waals surface area (Å²) in [7, 11) is 0. The van der Waals surface area contributed by atoms with Crippen molar-refractivity contribution in [3.63, 3.8) is 0 Å². The molecule has 138 valence electrons. The van der Waals surface area contributed by atoms with Crippen LogP contribution in [0.4, 0.5) is 13.2 Å². The summed E-state index contributed by atoms with van der Waals surface area (Å²) in [6, 6.07) is 15.4. The molecule has 3 aromatic rings. The number of nitrogens with one attached hydrogen (secondary N) is 1. The van der Waals surface area contributed by atoms with Crippen molar-refractivity contribution in [2.45, 2.75) is 6.18 Å². The van der Waals surface area contributed by atoms with Crippen molar-refractivity contribution in [1.29, 1.82) is 0 Å². The van der Waals surface area contributed by atoms with Crippen molar-refractivity contribution in [3.05, 3.63) is 88.2 Å². The zero-order valence-corrected chi connectivity index (χ0v) is 15.3. The summed E-state index contributed by atoms with van der Waals surface area (Å²) in [6.07, 6.45) is -1.25. The van der Waals surface area contributed by atoms with Crippen LogP contribution < -0.4 is 5.43 Å². The van der Waals surface area contributed by atoms with E-state index in [2.05, 4.69) is 26.5 Å². The molecule has 1 aromatic heterocycles. The lowest BCUT2D eigenvalue weighted by atomic mass is 10.1. The molecule has 0 saturated carbocycles. The number of halogens is 4. The van der Waals surface area contributed by atoms with Crippen LogP contribution in [0.5, 0.6) is 0 Å². The van der Waals surface area contributed by atoms with Crippen LogP contribution in [0.2, 0.25) is 0 Å². The fourth-order valence-electron chi connectivity index (χ4n) is 2.39. The Bertz CT molecular complexity index is 978. The fourth-order valence-corrected chi connectivity index (χ4v) is 2.66. The fraction of sp³-hybridized carbons (Fsp3) is 0.0526. The summed E-state index contributed by atoms with van der Waals surface area (Å²) in [5.74, 6) is -0.723. The zero-order valence-electron chi connectivity index (χ0n) is 13.7. The van der Waals surface area contributed by atoms with E-state index >= 15 is 0 Å². The van der Waals surface area contributed by atoms with Crippen LogP contribution in [0.1, 0.15) is 21.6 Å². The second-order valence-electron chi connectivity index (χ2n) is 5.56. The van der Waals surface area contributed by atoms with Crippen molar-refractivity contribution >= 4 is 28.1 Å². The minimum absolute atomic E-state index is 0.120. The number of hydrogen-bond acceptors (Lipinski definition) is 2. The van der Waals surface area contributed by atoms with Gasteiger partial charge in [0.15, 0.2) is 0 Å². The first-order valence-electron chi connectivity index (χ1n) is 7.78. The highest BCUT2D eigenvalue weighted by Crippen LogP contribution is 2.29. The SMILES string of the molecule is O=C(N/N=C\c1cccn1-c1ccc(Br)cc1)c1cccc(C(F)(F)F)c1. The van der Waals surface area contributed by atoms with E-state index in [1.807, 2.05) is 41.1 Å². The van der Waals surface area contributed by atoms with Crippen LogP contribution in [-0.4, -0.2) is 16.7 Å². The van der Waals surface area contributed by atoms with Crippen molar-refractivity contribution in [3.8, 4) is 5.69 Å². The van der Waals surface area contributed by atoms with Gasteiger partial charge in [-0.1, -0.05) is 22.0 Å². The maximum atomic E-state index is 12.7. The molecule has 8 heteroatoms. The number of benzene rings is 2. The summed E-state index contributed by atoms with van der Waals surface area (Å²) in [5.41, 5.74) is 2.83. The first kappa shape index (κ1) is 18.9. The minimum atomic E-state index is -4.51. The molecular formula is C19H13BrF3N3O. The predicted octanol–water partition coefficient (Wildman–Crippen LogP) is 5.02. The minimum Gasteiger partial charge on any atom is -0.316 e. The van der Waals surface area contributed by atoms with Crippen LogP contribution in [0.25, 0.3) is 5.69 Å². The molecule has 1 N–H and O–H groups in total. The molecule has 0 saturated heterocycles. The standard InChI is InChI=1S/C19H13BrF3N3O/c20-15-6-8-16(9-7-15)26-10-2-5-17(26)12-24-25-18(27)13-3-1-4-14(11-13)19(21,22)23/h1-12H,(H,25,27)/b24-12-. The van der Waals surface area contributed by atoms with Gasteiger partial charge >= 0.3 is 6.18 Å². The van der Waals surface area contributed by atoms with Gasteiger partial charge in [-0.3, -0.25) is 4.79 Å².